The Morgan fingerprint density at radius 3 is 2.32 bits per heavy atom. The van der Waals surface area contributed by atoms with Crippen molar-refractivity contribution in [1.29, 1.82) is 0 Å². The van der Waals surface area contributed by atoms with Crippen LogP contribution in [0.4, 0.5) is 5.69 Å². The van der Waals surface area contributed by atoms with Crippen molar-refractivity contribution in [2.24, 2.45) is 0 Å². The van der Waals surface area contributed by atoms with Gasteiger partial charge in [0.25, 0.3) is 10.0 Å². The van der Waals surface area contributed by atoms with Gasteiger partial charge in [0.05, 0.1) is 21.2 Å². The van der Waals surface area contributed by atoms with E-state index in [1.54, 1.807) is 24.3 Å². The smallest absolute Gasteiger partial charge is 0.261 e. The average Bonchev–Trinajstić information content (AvgIpc) is 3.46. The maximum atomic E-state index is 12.8. The van der Waals surface area contributed by atoms with E-state index in [-0.39, 0.29) is 9.79 Å². The van der Waals surface area contributed by atoms with E-state index in [0.717, 1.165) is 12.8 Å². The van der Waals surface area contributed by atoms with Gasteiger partial charge in [-0.05, 0) is 72.0 Å². The first-order valence-corrected chi connectivity index (χ1v) is 13.5. The highest BCUT2D eigenvalue weighted by molar-refractivity contribution is 7.98. The number of nitrogens with one attached hydrogen (secondary N) is 1. The third kappa shape index (κ3) is 4.44. The summed E-state index contributed by atoms with van der Waals surface area (Å²) in [6.45, 7) is 0.972. The third-order valence-corrected chi connectivity index (χ3v) is 8.73. The zero-order chi connectivity index (χ0) is 22.1. The van der Waals surface area contributed by atoms with E-state index in [1.807, 2.05) is 6.26 Å². The fraction of sp³-hybridized carbons (Fsp3) is 0.278. The highest BCUT2D eigenvalue weighted by atomic mass is 32.2. The number of thioether (sulfide) groups is 1. The van der Waals surface area contributed by atoms with Crippen LogP contribution in [0.15, 0.2) is 63.5 Å². The Labute approximate surface area is 184 Å². The second kappa shape index (κ2) is 8.57. The van der Waals surface area contributed by atoms with Gasteiger partial charge in [0, 0.05) is 13.1 Å². The van der Waals surface area contributed by atoms with Crippen LogP contribution in [0.3, 0.4) is 0 Å². The molecule has 31 heavy (non-hydrogen) atoms. The van der Waals surface area contributed by atoms with Crippen molar-refractivity contribution in [1.82, 2.24) is 24.5 Å². The van der Waals surface area contributed by atoms with Crippen molar-refractivity contribution in [2.45, 2.75) is 27.8 Å². The van der Waals surface area contributed by atoms with Gasteiger partial charge in [-0.15, -0.1) is 5.10 Å². The number of hydrogen-bond donors (Lipinski definition) is 1. The monoisotopic (exact) mass is 480 g/mol. The maximum Gasteiger partial charge on any atom is 0.261 e. The molecule has 1 saturated heterocycles. The molecule has 2 aromatic carbocycles. The lowest BCUT2D eigenvalue weighted by Gasteiger charge is -2.16. The Bertz CT molecular complexity index is 1280. The quantitative estimate of drug-likeness (QED) is 0.509. The van der Waals surface area contributed by atoms with Gasteiger partial charge in [0.15, 0.2) is 0 Å². The van der Waals surface area contributed by atoms with Gasteiger partial charge in [0.2, 0.25) is 15.2 Å². The van der Waals surface area contributed by atoms with Crippen molar-refractivity contribution in [3.8, 4) is 5.69 Å². The van der Waals surface area contributed by atoms with Gasteiger partial charge in [-0.3, -0.25) is 4.72 Å². The molecule has 2 heterocycles. The van der Waals surface area contributed by atoms with Crippen LogP contribution in [0.25, 0.3) is 5.69 Å². The van der Waals surface area contributed by atoms with Crippen LogP contribution in [0.1, 0.15) is 12.8 Å². The Hall–Kier alpha value is -2.48. The van der Waals surface area contributed by atoms with Crippen molar-refractivity contribution < 1.29 is 16.8 Å². The predicted molar refractivity (Wildman–Crippen MR) is 116 cm³/mol. The van der Waals surface area contributed by atoms with E-state index >= 15 is 0 Å². The van der Waals surface area contributed by atoms with Crippen molar-refractivity contribution in [3.05, 3.63) is 48.5 Å². The van der Waals surface area contributed by atoms with Gasteiger partial charge in [-0.2, -0.15) is 8.99 Å². The van der Waals surface area contributed by atoms with E-state index in [2.05, 4.69) is 20.2 Å². The molecule has 0 radical (unpaired) electrons. The number of sulfonamides is 2. The minimum atomic E-state index is -3.92. The molecule has 1 N–H and O–H groups in total. The predicted octanol–water partition coefficient (Wildman–Crippen LogP) is 1.97. The molecule has 0 aliphatic carbocycles. The number of tetrazole rings is 1. The zero-order valence-corrected chi connectivity index (χ0v) is 19.0. The standard InChI is InChI=1S/C18H20N6O4S3/c1-29-18-19-21-22-24(18)15-6-4-5-14(13-15)20-30(25,26)16-7-9-17(10-8-16)31(27,28)23-11-2-3-12-23/h4-10,13,20H,2-3,11-12H2,1H3. The highest BCUT2D eigenvalue weighted by Gasteiger charge is 2.27. The number of rotatable bonds is 7. The number of hydrogen-bond acceptors (Lipinski definition) is 8. The van der Waals surface area contributed by atoms with E-state index in [4.69, 9.17) is 0 Å². The maximum absolute atomic E-state index is 12.8. The Balaban J connectivity index is 1.56. The third-order valence-electron chi connectivity index (χ3n) is 4.80. The molecule has 0 saturated carbocycles. The summed E-state index contributed by atoms with van der Waals surface area (Å²) in [5.41, 5.74) is 0.926. The summed E-state index contributed by atoms with van der Waals surface area (Å²) in [6, 6.07) is 11.9. The minimum Gasteiger partial charge on any atom is -0.280 e. The minimum absolute atomic E-state index is 0.0366. The molecule has 1 fully saturated rings. The van der Waals surface area contributed by atoms with Crippen LogP contribution < -0.4 is 4.72 Å². The summed E-state index contributed by atoms with van der Waals surface area (Å²) in [5, 5.41) is 12.0. The Morgan fingerprint density at radius 1 is 0.968 bits per heavy atom. The molecule has 0 amide bonds. The normalized spacial score (nSPS) is 15.3. The molecule has 13 heteroatoms. The van der Waals surface area contributed by atoms with E-state index in [0.29, 0.717) is 29.6 Å². The lowest BCUT2D eigenvalue weighted by atomic mass is 10.3. The summed E-state index contributed by atoms with van der Waals surface area (Å²) >= 11 is 1.36. The van der Waals surface area contributed by atoms with Gasteiger partial charge in [-0.1, -0.05) is 17.8 Å². The topological polar surface area (TPSA) is 127 Å². The average molecular weight is 481 g/mol. The number of aromatic nitrogens is 4. The van der Waals surface area contributed by atoms with E-state index < -0.39 is 20.0 Å². The summed E-state index contributed by atoms with van der Waals surface area (Å²) in [5.74, 6) is 0. The van der Waals surface area contributed by atoms with Crippen LogP contribution in [-0.4, -0.2) is 60.7 Å². The molecule has 0 atom stereocenters. The van der Waals surface area contributed by atoms with Crippen LogP contribution in [-0.2, 0) is 20.0 Å². The van der Waals surface area contributed by atoms with Crippen molar-refractivity contribution in [3.63, 3.8) is 0 Å². The van der Waals surface area contributed by atoms with Gasteiger partial charge < -0.3 is 0 Å². The highest BCUT2D eigenvalue weighted by Crippen LogP contribution is 2.24. The molecule has 0 spiro atoms. The molecule has 0 bridgehead atoms. The second-order valence-corrected chi connectivity index (χ2v) is 11.2. The Kier molecular flexibility index (Phi) is 6.01. The molecule has 10 nitrogen and oxygen atoms in total. The van der Waals surface area contributed by atoms with Crippen LogP contribution in [0.2, 0.25) is 0 Å². The molecule has 1 aliphatic heterocycles. The molecule has 1 aromatic heterocycles. The van der Waals surface area contributed by atoms with Gasteiger partial charge in [0.1, 0.15) is 0 Å². The van der Waals surface area contributed by atoms with Gasteiger partial charge in [-0.25, -0.2) is 16.8 Å². The summed E-state index contributed by atoms with van der Waals surface area (Å²) in [4.78, 5) is 0.0455. The largest absolute Gasteiger partial charge is 0.280 e. The SMILES string of the molecule is CSc1nnnn1-c1cccc(NS(=O)(=O)c2ccc(S(=O)(=O)N3CCCC3)cc2)c1. The van der Waals surface area contributed by atoms with Crippen molar-refractivity contribution >= 4 is 37.5 Å². The number of anilines is 1. The Morgan fingerprint density at radius 2 is 1.65 bits per heavy atom. The lowest BCUT2D eigenvalue weighted by Crippen LogP contribution is -2.27. The molecule has 164 valence electrons. The molecule has 4 rings (SSSR count). The molecular formula is C18H20N6O4S3. The first-order chi connectivity index (χ1) is 14.8. The fourth-order valence-electron chi connectivity index (χ4n) is 3.25. The first-order valence-electron chi connectivity index (χ1n) is 9.37. The fourth-order valence-corrected chi connectivity index (χ4v) is 6.25. The van der Waals surface area contributed by atoms with E-state index in [1.165, 1.54) is 45.0 Å². The summed E-state index contributed by atoms with van der Waals surface area (Å²) in [6.07, 6.45) is 3.50. The molecule has 1 aliphatic rings. The zero-order valence-electron chi connectivity index (χ0n) is 16.5. The molecular weight excluding hydrogens is 460 g/mol. The molecule has 3 aromatic rings. The first kappa shape index (κ1) is 21.7. The summed E-state index contributed by atoms with van der Waals surface area (Å²) < 4.78 is 56.3. The van der Waals surface area contributed by atoms with Crippen LogP contribution >= 0.6 is 11.8 Å². The summed E-state index contributed by atoms with van der Waals surface area (Å²) in [7, 11) is -7.52. The number of benzene rings is 2. The van der Waals surface area contributed by atoms with E-state index in [9.17, 15) is 16.8 Å². The number of nitrogens with zero attached hydrogens (tertiary/aromatic N) is 5. The van der Waals surface area contributed by atoms with Crippen LogP contribution in [0.5, 0.6) is 0 Å². The van der Waals surface area contributed by atoms with Crippen molar-refractivity contribution in [2.75, 3.05) is 24.1 Å². The second-order valence-electron chi connectivity index (χ2n) is 6.82. The molecule has 0 unspecified atom stereocenters. The van der Waals surface area contributed by atoms with Gasteiger partial charge >= 0.3 is 0 Å². The van der Waals surface area contributed by atoms with Crippen LogP contribution in [0, 0.1) is 0 Å². The lowest BCUT2D eigenvalue weighted by molar-refractivity contribution is 0.477.